The standard InChI is InChI=1S/C19H27N3O3/c1-25-15-18(23)21-13-11-20(12-14-21)17-8-10-22(19(17)24)9-7-16-5-3-2-4-6-16/h2-6,17H,7-15H2,1H3/t17-/m0/s1. The van der Waals surface area contributed by atoms with Gasteiger partial charge in [-0.1, -0.05) is 30.3 Å². The van der Waals surface area contributed by atoms with Crippen molar-refractivity contribution < 1.29 is 14.3 Å². The first-order chi connectivity index (χ1) is 12.2. The number of carbonyl (C=O) groups is 2. The van der Waals surface area contributed by atoms with Crippen molar-refractivity contribution in [1.29, 1.82) is 0 Å². The van der Waals surface area contributed by atoms with Crippen molar-refractivity contribution in [3.8, 4) is 0 Å². The second-order valence-electron chi connectivity index (χ2n) is 6.72. The SMILES string of the molecule is COCC(=O)N1CCN([C@H]2CCN(CCc3ccccc3)C2=O)CC1. The highest BCUT2D eigenvalue weighted by atomic mass is 16.5. The van der Waals surface area contributed by atoms with Crippen LogP contribution in [0.2, 0.25) is 0 Å². The monoisotopic (exact) mass is 345 g/mol. The zero-order chi connectivity index (χ0) is 17.6. The number of rotatable bonds is 6. The number of piperazine rings is 1. The normalized spacial score (nSPS) is 21.8. The lowest BCUT2D eigenvalue weighted by Gasteiger charge is -2.37. The van der Waals surface area contributed by atoms with Gasteiger partial charge in [0.15, 0.2) is 0 Å². The third-order valence-corrected chi connectivity index (χ3v) is 5.16. The molecular formula is C19H27N3O3. The van der Waals surface area contributed by atoms with E-state index < -0.39 is 0 Å². The van der Waals surface area contributed by atoms with Gasteiger partial charge in [-0.05, 0) is 18.4 Å². The zero-order valence-corrected chi connectivity index (χ0v) is 14.9. The average Bonchev–Trinajstić information content (AvgIpc) is 3.02. The molecule has 0 spiro atoms. The molecule has 1 aromatic carbocycles. The summed E-state index contributed by atoms with van der Waals surface area (Å²) >= 11 is 0. The second kappa shape index (κ2) is 8.45. The minimum atomic E-state index is -0.0181. The fraction of sp³-hybridized carbons (Fsp3) is 0.579. The van der Waals surface area contributed by atoms with Gasteiger partial charge in [0.25, 0.3) is 0 Å². The average molecular weight is 345 g/mol. The van der Waals surface area contributed by atoms with Crippen molar-refractivity contribution in [3.05, 3.63) is 35.9 Å². The Morgan fingerprint density at radius 3 is 2.52 bits per heavy atom. The van der Waals surface area contributed by atoms with E-state index in [1.165, 1.54) is 12.7 Å². The Bertz CT molecular complexity index is 585. The molecule has 2 aliphatic rings. The molecule has 1 atom stereocenters. The molecule has 2 aliphatic heterocycles. The van der Waals surface area contributed by atoms with Crippen LogP contribution < -0.4 is 0 Å². The minimum Gasteiger partial charge on any atom is -0.375 e. The molecular weight excluding hydrogens is 318 g/mol. The summed E-state index contributed by atoms with van der Waals surface area (Å²) in [6.07, 6.45) is 1.79. The topological polar surface area (TPSA) is 53.1 Å². The smallest absolute Gasteiger partial charge is 0.248 e. The lowest BCUT2D eigenvalue weighted by atomic mass is 10.1. The van der Waals surface area contributed by atoms with E-state index in [-0.39, 0.29) is 24.5 Å². The van der Waals surface area contributed by atoms with Crippen LogP contribution in [0.5, 0.6) is 0 Å². The highest BCUT2D eigenvalue weighted by molar-refractivity contribution is 5.84. The maximum atomic E-state index is 12.7. The van der Waals surface area contributed by atoms with Crippen molar-refractivity contribution in [1.82, 2.24) is 14.7 Å². The summed E-state index contributed by atoms with van der Waals surface area (Å²) in [4.78, 5) is 30.6. The predicted molar refractivity (Wildman–Crippen MR) is 95.2 cm³/mol. The number of methoxy groups -OCH3 is 1. The molecule has 0 saturated carbocycles. The molecule has 0 aliphatic carbocycles. The first-order valence-corrected chi connectivity index (χ1v) is 9.02. The molecule has 2 heterocycles. The number of ether oxygens (including phenoxy) is 1. The van der Waals surface area contributed by atoms with Crippen molar-refractivity contribution in [2.75, 3.05) is 53.0 Å². The number of hydrogen-bond acceptors (Lipinski definition) is 4. The largest absolute Gasteiger partial charge is 0.375 e. The van der Waals surface area contributed by atoms with Gasteiger partial charge in [0, 0.05) is 46.4 Å². The fourth-order valence-corrected chi connectivity index (χ4v) is 3.69. The molecule has 0 N–H and O–H groups in total. The van der Waals surface area contributed by atoms with E-state index in [1.54, 1.807) is 0 Å². The van der Waals surface area contributed by atoms with Gasteiger partial charge in [-0.2, -0.15) is 0 Å². The summed E-state index contributed by atoms with van der Waals surface area (Å²) < 4.78 is 4.91. The minimum absolute atomic E-state index is 0.0181. The van der Waals surface area contributed by atoms with E-state index in [0.717, 1.165) is 39.0 Å². The third kappa shape index (κ3) is 4.38. The lowest BCUT2D eigenvalue weighted by molar-refractivity contribution is -0.138. The highest BCUT2D eigenvalue weighted by Crippen LogP contribution is 2.19. The van der Waals surface area contributed by atoms with E-state index in [1.807, 2.05) is 28.0 Å². The van der Waals surface area contributed by atoms with Gasteiger partial charge in [-0.15, -0.1) is 0 Å². The molecule has 0 aromatic heterocycles. The summed E-state index contributed by atoms with van der Waals surface area (Å²) in [5, 5.41) is 0. The molecule has 0 radical (unpaired) electrons. The third-order valence-electron chi connectivity index (χ3n) is 5.16. The Balaban J connectivity index is 1.47. The van der Waals surface area contributed by atoms with E-state index in [2.05, 4.69) is 17.0 Å². The van der Waals surface area contributed by atoms with Crippen LogP contribution in [0.25, 0.3) is 0 Å². The first-order valence-electron chi connectivity index (χ1n) is 9.02. The van der Waals surface area contributed by atoms with Crippen molar-refractivity contribution in [2.24, 2.45) is 0 Å². The fourth-order valence-electron chi connectivity index (χ4n) is 3.69. The van der Waals surface area contributed by atoms with E-state index in [0.29, 0.717) is 13.1 Å². The van der Waals surface area contributed by atoms with Crippen LogP contribution in [-0.4, -0.2) is 85.5 Å². The quantitative estimate of drug-likeness (QED) is 0.759. The molecule has 6 nitrogen and oxygen atoms in total. The van der Waals surface area contributed by atoms with E-state index in [4.69, 9.17) is 4.74 Å². The number of benzene rings is 1. The van der Waals surface area contributed by atoms with Crippen molar-refractivity contribution >= 4 is 11.8 Å². The Kier molecular flexibility index (Phi) is 6.04. The predicted octanol–water partition coefficient (Wildman–Crippen LogP) is 0.621. The maximum absolute atomic E-state index is 12.7. The second-order valence-corrected chi connectivity index (χ2v) is 6.72. The first kappa shape index (κ1) is 17.9. The van der Waals surface area contributed by atoms with Crippen molar-refractivity contribution in [3.63, 3.8) is 0 Å². The number of carbonyl (C=O) groups excluding carboxylic acids is 2. The van der Waals surface area contributed by atoms with Gasteiger partial charge in [0.1, 0.15) is 6.61 Å². The molecule has 25 heavy (non-hydrogen) atoms. The van der Waals surface area contributed by atoms with Gasteiger partial charge in [-0.25, -0.2) is 0 Å². The summed E-state index contributed by atoms with van der Waals surface area (Å²) in [6, 6.07) is 10.3. The Labute approximate surface area is 149 Å². The van der Waals surface area contributed by atoms with Crippen molar-refractivity contribution in [2.45, 2.75) is 18.9 Å². The molecule has 2 fully saturated rings. The summed E-state index contributed by atoms with van der Waals surface area (Å²) in [6.45, 7) is 4.63. The van der Waals surface area contributed by atoms with Crippen LogP contribution in [0.3, 0.4) is 0 Å². The Morgan fingerprint density at radius 2 is 1.84 bits per heavy atom. The summed E-state index contributed by atoms with van der Waals surface area (Å²) in [5.41, 5.74) is 1.27. The Hall–Kier alpha value is -1.92. The van der Waals surface area contributed by atoms with Gasteiger partial charge in [0.05, 0.1) is 6.04 Å². The van der Waals surface area contributed by atoms with Gasteiger partial charge < -0.3 is 14.5 Å². The zero-order valence-electron chi connectivity index (χ0n) is 14.9. The van der Waals surface area contributed by atoms with Crippen LogP contribution >= 0.6 is 0 Å². The molecule has 136 valence electrons. The van der Waals surface area contributed by atoms with Crippen LogP contribution in [0, 0.1) is 0 Å². The number of amides is 2. The highest BCUT2D eigenvalue weighted by Gasteiger charge is 2.37. The number of likely N-dealkylation sites (tertiary alicyclic amines) is 1. The maximum Gasteiger partial charge on any atom is 0.248 e. The molecule has 1 aromatic rings. The van der Waals surface area contributed by atoms with Crippen LogP contribution in [-0.2, 0) is 20.7 Å². The summed E-state index contributed by atoms with van der Waals surface area (Å²) in [7, 11) is 1.54. The number of nitrogens with zero attached hydrogens (tertiary/aromatic N) is 3. The van der Waals surface area contributed by atoms with Crippen LogP contribution in [0.15, 0.2) is 30.3 Å². The Morgan fingerprint density at radius 1 is 1.12 bits per heavy atom. The van der Waals surface area contributed by atoms with Crippen LogP contribution in [0.1, 0.15) is 12.0 Å². The van der Waals surface area contributed by atoms with Gasteiger partial charge in [-0.3, -0.25) is 14.5 Å². The van der Waals surface area contributed by atoms with Crippen LogP contribution in [0.4, 0.5) is 0 Å². The molecule has 0 bridgehead atoms. The van der Waals surface area contributed by atoms with E-state index in [9.17, 15) is 9.59 Å². The molecule has 3 rings (SSSR count). The molecule has 0 unspecified atom stereocenters. The summed E-state index contributed by atoms with van der Waals surface area (Å²) in [5.74, 6) is 0.275. The molecule has 2 saturated heterocycles. The number of hydrogen-bond donors (Lipinski definition) is 0. The lowest BCUT2D eigenvalue weighted by Crippen LogP contribution is -2.54. The van der Waals surface area contributed by atoms with Gasteiger partial charge in [0.2, 0.25) is 11.8 Å². The van der Waals surface area contributed by atoms with E-state index >= 15 is 0 Å². The molecule has 2 amide bonds. The molecule has 6 heteroatoms. The van der Waals surface area contributed by atoms with Gasteiger partial charge >= 0.3 is 0 Å².